The van der Waals surface area contributed by atoms with Crippen LogP contribution in [0.3, 0.4) is 0 Å². The highest BCUT2D eigenvalue weighted by atomic mass is 79.9. The van der Waals surface area contributed by atoms with E-state index in [4.69, 9.17) is 18.9 Å². The molecule has 0 radical (unpaired) electrons. The van der Waals surface area contributed by atoms with Gasteiger partial charge >= 0.3 is 5.97 Å². The average molecular weight is 385 g/mol. The Balaban J connectivity index is 1.68. The van der Waals surface area contributed by atoms with Gasteiger partial charge in [-0.25, -0.2) is 4.79 Å². The van der Waals surface area contributed by atoms with Crippen LogP contribution in [-0.4, -0.2) is 42.5 Å². The summed E-state index contributed by atoms with van der Waals surface area (Å²) in [5, 5.41) is 0. The number of carbonyl (C=O) groups excluding carboxylic acids is 2. The Morgan fingerprint density at radius 3 is 2.57 bits per heavy atom. The number of hydrogen-bond donors (Lipinski definition) is 0. The molecular formula is C16H17BrO6. The number of cyclic esters (lactones) is 1. The molecule has 2 heterocycles. The third kappa shape index (κ3) is 3.63. The molecule has 3 rings (SSSR count). The molecule has 0 aliphatic carbocycles. The number of ketones is 1. The van der Waals surface area contributed by atoms with Crippen LogP contribution >= 0.6 is 15.9 Å². The van der Waals surface area contributed by atoms with Gasteiger partial charge in [0.1, 0.15) is 6.10 Å². The largest absolute Gasteiger partial charge is 0.450 e. The predicted molar refractivity (Wildman–Crippen MR) is 82.5 cm³/mol. The van der Waals surface area contributed by atoms with Crippen LogP contribution in [0.5, 0.6) is 0 Å². The Bertz CT molecular complexity index is 612. The lowest BCUT2D eigenvalue weighted by atomic mass is 10.1. The third-order valence-electron chi connectivity index (χ3n) is 3.74. The fraction of sp³-hybridized carbons (Fsp3) is 0.500. The van der Waals surface area contributed by atoms with Crippen LogP contribution in [0.15, 0.2) is 28.7 Å². The molecule has 6 nitrogen and oxygen atoms in total. The van der Waals surface area contributed by atoms with E-state index in [1.54, 1.807) is 13.8 Å². The fourth-order valence-corrected chi connectivity index (χ4v) is 2.86. The zero-order chi connectivity index (χ0) is 16.6. The van der Waals surface area contributed by atoms with E-state index in [9.17, 15) is 9.59 Å². The molecule has 0 bridgehead atoms. The van der Waals surface area contributed by atoms with Gasteiger partial charge in [0, 0.05) is 4.47 Å². The van der Waals surface area contributed by atoms with Gasteiger partial charge in [-0.2, -0.15) is 0 Å². The van der Waals surface area contributed by atoms with E-state index in [-0.39, 0.29) is 13.2 Å². The van der Waals surface area contributed by atoms with Crippen LogP contribution in [-0.2, 0) is 35.1 Å². The molecule has 2 fully saturated rings. The van der Waals surface area contributed by atoms with Crippen molar-refractivity contribution in [1.29, 1.82) is 0 Å². The van der Waals surface area contributed by atoms with Gasteiger partial charge in [-0.1, -0.05) is 28.1 Å². The maximum Gasteiger partial charge on any atom is 0.378 e. The second-order valence-corrected chi connectivity index (χ2v) is 6.88. The standard InChI is InChI=1S/C16H17BrO6/c1-16(2)21-8-11(23-16)13-14(12(18)15(19)22-13)20-7-9-3-5-10(17)6-4-9/h3-6,11,13-14H,7-8H2,1-2H3/t11-,13+,14+/m1/s1. The van der Waals surface area contributed by atoms with Gasteiger partial charge in [-0.05, 0) is 31.5 Å². The van der Waals surface area contributed by atoms with Crippen molar-refractivity contribution < 1.29 is 28.5 Å². The Morgan fingerprint density at radius 1 is 1.26 bits per heavy atom. The minimum absolute atomic E-state index is 0.202. The van der Waals surface area contributed by atoms with E-state index >= 15 is 0 Å². The van der Waals surface area contributed by atoms with Gasteiger partial charge in [0.05, 0.1) is 13.2 Å². The molecule has 1 aromatic carbocycles. The lowest BCUT2D eigenvalue weighted by Crippen LogP contribution is -2.41. The Morgan fingerprint density at radius 2 is 1.96 bits per heavy atom. The molecule has 0 unspecified atom stereocenters. The number of hydrogen-bond acceptors (Lipinski definition) is 6. The minimum atomic E-state index is -0.978. The topological polar surface area (TPSA) is 71.1 Å². The molecule has 2 aliphatic heterocycles. The van der Waals surface area contributed by atoms with Crippen LogP contribution in [0.25, 0.3) is 0 Å². The summed E-state index contributed by atoms with van der Waals surface area (Å²) in [5.41, 5.74) is 0.892. The second-order valence-electron chi connectivity index (χ2n) is 5.96. The highest BCUT2D eigenvalue weighted by Gasteiger charge is 2.52. The van der Waals surface area contributed by atoms with Crippen molar-refractivity contribution in [2.45, 2.75) is 44.6 Å². The number of rotatable bonds is 4. The first-order valence-corrected chi connectivity index (χ1v) is 8.08. The quantitative estimate of drug-likeness (QED) is 0.583. The molecule has 0 N–H and O–H groups in total. The number of halogens is 1. The molecule has 3 atom stereocenters. The average Bonchev–Trinajstić information content (AvgIpc) is 3.00. The highest BCUT2D eigenvalue weighted by molar-refractivity contribution is 9.10. The Hall–Kier alpha value is -1.28. The van der Waals surface area contributed by atoms with Crippen LogP contribution in [0.2, 0.25) is 0 Å². The number of esters is 1. The smallest absolute Gasteiger partial charge is 0.378 e. The van der Waals surface area contributed by atoms with Gasteiger partial charge in [0.15, 0.2) is 18.0 Å². The second kappa shape index (κ2) is 6.32. The fourth-order valence-electron chi connectivity index (χ4n) is 2.59. The zero-order valence-electron chi connectivity index (χ0n) is 12.8. The van der Waals surface area contributed by atoms with E-state index in [1.807, 2.05) is 24.3 Å². The molecule has 2 aliphatic rings. The van der Waals surface area contributed by atoms with E-state index in [2.05, 4.69) is 15.9 Å². The predicted octanol–water partition coefficient (Wildman–Crippen LogP) is 1.98. The maximum absolute atomic E-state index is 12.0. The normalized spacial score (nSPS) is 29.8. The Kier molecular flexibility index (Phi) is 4.55. The SMILES string of the molecule is CC1(C)OC[C@H]([C@@H]2OC(=O)C(=O)[C@@H]2OCc2ccc(Br)cc2)O1. The lowest BCUT2D eigenvalue weighted by molar-refractivity contribution is -0.168. The van der Waals surface area contributed by atoms with Crippen LogP contribution < -0.4 is 0 Å². The summed E-state index contributed by atoms with van der Waals surface area (Å²) in [6.45, 7) is 3.98. The first-order chi connectivity index (χ1) is 10.9. The number of ether oxygens (including phenoxy) is 4. The monoisotopic (exact) mass is 384 g/mol. The van der Waals surface area contributed by atoms with Gasteiger partial charge in [-0.15, -0.1) is 0 Å². The molecule has 23 heavy (non-hydrogen) atoms. The molecule has 2 saturated heterocycles. The summed E-state index contributed by atoms with van der Waals surface area (Å²) in [5.74, 6) is -2.33. The van der Waals surface area contributed by atoms with E-state index in [0.717, 1.165) is 10.0 Å². The van der Waals surface area contributed by atoms with E-state index < -0.39 is 35.9 Å². The van der Waals surface area contributed by atoms with Crippen LogP contribution in [0, 0.1) is 0 Å². The summed E-state index contributed by atoms with van der Waals surface area (Å²) < 4.78 is 22.9. The van der Waals surface area contributed by atoms with Crippen molar-refractivity contribution >= 4 is 27.7 Å². The van der Waals surface area contributed by atoms with Crippen LogP contribution in [0.4, 0.5) is 0 Å². The van der Waals surface area contributed by atoms with Crippen LogP contribution in [0.1, 0.15) is 19.4 Å². The van der Waals surface area contributed by atoms with Gasteiger partial charge in [0.25, 0.3) is 5.78 Å². The highest BCUT2D eigenvalue weighted by Crippen LogP contribution is 2.30. The summed E-state index contributed by atoms with van der Waals surface area (Å²) in [4.78, 5) is 23.6. The summed E-state index contributed by atoms with van der Waals surface area (Å²) in [6, 6.07) is 7.51. The van der Waals surface area contributed by atoms with Gasteiger partial charge in [-0.3, -0.25) is 4.79 Å². The van der Waals surface area contributed by atoms with Crippen molar-refractivity contribution in [3.05, 3.63) is 34.3 Å². The van der Waals surface area contributed by atoms with Crippen molar-refractivity contribution in [3.8, 4) is 0 Å². The Labute approximate surface area is 142 Å². The molecule has 7 heteroatoms. The molecule has 1 aromatic rings. The molecule has 0 aromatic heterocycles. The molecule has 0 amide bonds. The van der Waals surface area contributed by atoms with Crippen molar-refractivity contribution in [2.24, 2.45) is 0 Å². The maximum atomic E-state index is 12.0. The molecular weight excluding hydrogens is 368 g/mol. The van der Waals surface area contributed by atoms with Crippen molar-refractivity contribution in [1.82, 2.24) is 0 Å². The summed E-state index contributed by atoms with van der Waals surface area (Å²) in [6.07, 6.45) is -2.28. The molecule has 124 valence electrons. The number of carbonyl (C=O) groups is 2. The van der Waals surface area contributed by atoms with Crippen molar-refractivity contribution in [3.63, 3.8) is 0 Å². The minimum Gasteiger partial charge on any atom is -0.450 e. The zero-order valence-corrected chi connectivity index (χ0v) is 14.4. The molecule has 0 spiro atoms. The third-order valence-corrected chi connectivity index (χ3v) is 4.27. The summed E-state index contributed by atoms with van der Waals surface area (Å²) >= 11 is 3.36. The van der Waals surface area contributed by atoms with E-state index in [0.29, 0.717) is 0 Å². The number of benzene rings is 1. The van der Waals surface area contributed by atoms with E-state index in [1.165, 1.54) is 0 Å². The summed E-state index contributed by atoms with van der Waals surface area (Å²) in [7, 11) is 0. The number of Topliss-reactive ketones (excluding diaryl/α,β-unsaturated/α-hetero) is 1. The van der Waals surface area contributed by atoms with Gasteiger partial charge in [0.2, 0.25) is 0 Å². The first kappa shape index (κ1) is 16.6. The first-order valence-electron chi connectivity index (χ1n) is 7.28. The van der Waals surface area contributed by atoms with Crippen molar-refractivity contribution in [2.75, 3.05) is 6.61 Å². The lowest BCUT2D eigenvalue weighted by Gasteiger charge is -2.23. The van der Waals surface area contributed by atoms with Gasteiger partial charge < -0.3 is 18.9 Å². The molecule has 0 saturated carbocycles.